The van der Waals surface area contributed by atoms with Crippen molar-refractivity contribution in [3.8, 4) is 0 Å². The van der Waals surface area contributed by atoms with Crippen molar-refractivity contribution >= 4 is 38.6 Å². The van der Waals surface area contributed by atoms with Gasteiger partial charge in [-0.1, -0.05) is 29.8 Å². The number of alkyl halides is 1. The van der Waals surface area contributed by atoms with E-state index in [1.807, 2.05) is 12.1 Å². The number of nitrogens with zero attached hydrogens (tertiary/aromatic N) is 2. The molecule has 0 saturated carbocycles. The van der Waals surface area contributed by atoms with Crippen LogP contribution < -0.4 is 0 Å². The molecule has 2 aromatic rings. The topological polar surface area (TPSA) is 27.1 Å². The lowest BCUT2D eigenvalue weighted by Gasteiger charge is -2.09. The molecular weight excluding hydrogens is 340 g/mol. The van der Waals surface area contributed by atoms with Gasteiger partial charge in [-0.3, -0.25) is 0 Å². The molecule has 110 valence electrons. The maximum Gasteiger partial charge on any atom is 0.124 e. The zero-order valence-electron chi connectivity index (χ0n) is 11.9. The molecule has 0 fully saturated rings. The third-order valence-corrected chi connectivity index (χ3v) is 3.94. The van der Waals surface area contributed by atoms with Crippen molar-refractivity contribution in [2.75, 3.05) is 13.2 Å². The van der Waals surface area contributed by atoms with Gasteiger partial charge in [0, 0.05) is 17.6 Å². The lowest BCUT2D eigenvalue weighted by atomic mass is 10.1. The lowest BCUT2D eigenvalue weighted by Crippen LogP contribution is -2.10. The number of aromatic nitrogens is 2. The fourth-order valence-electron chi connectivity index (χ4n) is 2.07. The van der Waals surface area contributed by atoms with Crippen LogP contribution in [0.4, 0.5) is 0 Å². The van der Waals surface area contributed by atoms with Gasteiger partial charge in [0.15, 0.2) is 0 Å². The standard InChI is InChI=1S/C15H20BrClN2O/c1-11(2)5-7-20-8-6-19-14-9-12(16)3-4-13(14)18-15(19)10-17/h3-4,9,11H,5-8,10H2,1-2H3. The lowest BCUT2D eigenvalue weighted by molar-refractivity contribution is 0.116. The summed E-state index contributed by atoms with van der Waals surface area (Å²) in [5.74, 6) is 1.99. The molecule has 0 unspecified atom stereocenters. The highest BCUT2D eigenvalue weighted by atomic mass is 79.9. The zero-order valence-corrected chi connectivity index (χ0v) is 14.2. The predicted molar refractivity (Wildman–Crippen MR) is 87.3 cm³/mol. The minimum absolute atomic E-state index is 0.415. The number of rotatable bonds is 7. The van der Waals surface area contributed by atoms with Crippen molar-refractivity contribution in [1.82, 2.24) is 9.55 Å². The van der Waals surface area contributed by atoms with Gasteiger partial charge in [0.05, 0.1) is 23.5 Å². The minimum Gasteiger partial charge on any atom is -0.380 e. The van der Waals surface area contributed by atoms with Gasteiger partial charge in [-0.05, 0) is 30.5 Å². The minimum atomic E-state index is 0.415. The molecule has 0 spiro atoms. The zero-order chi connectivity index (χ0) is 14.5. The van der Waals surface area contributed by atoms with Crippen LogP contribution in [0.5, 0.6) is 0 Å². The highest BCUT2D eigenvalue weighted by Gasteiger charge is 2.10. The third-order valence-electron chi connectivity index (χ3n) is 3.21. The highest BCUT2D eigenvalue weighted by molar-refractivity contribution is 9.10. The van der Waals surface area contributed by atoms with Crippen LogP contribution in [0.3, 0.4) is 0 Å². The van der Waals surface area contributed by atoms with Crippen molar-refractivity contribution in [3.63, 3.8) is 0 Å². The molecule has 1 heterocycles. The Morgan fingerprint density at radius 2 is 2.15 bits per heavy atom. The van der Waals surface area contributed by atoms with Crippen LogP contribution in [0.15, 0.2) is 22.7 Å². The Bertz CT molecular complexity index is 568. The second kappa shape index (κ2) is 7.43. The molecule has 2 rings (SSSR count). The summed E-state index contributed by atoms with van der Waals surface area (Å²) in [5, 5.41) is 0. The van der Waals surface area contributed by atoms with Crippen LogP contribution in [0.25, 0.3) is 11.0 Å². The number of hydrogen-bond donors (Lipinski definition) is 0. The van der Waals surface area contributed by atoms with Crippen molar-refractivity contribution in [3.05, 3.63) is 28.5 Å². The molecule has 0 aliphatic rings. The van der Waals surface area contributed by atoms with E-state index in [9.17, 15) is 0 Å². The van der Waals surface area contributed by atoms with E-state index in [1.54, 1.807) is 0 Å². The SMILES string of the molecule is CC(C)CCOCCn1c(CCl)nc2ccc(Br)cc21. The summed E-state index contributed by atoms with van der Waals surface area (Å²) in [7, 11) is 0. The summed E-state index contributed by atoms with van der Waals surface area (Å²) >= 11 is 9.49. The molecular formula is C15H20BrClN2O. The second-order valence-corrected chi connectivity index (χ2v) is 6.42. The van der Waals surface area contributed by atoms with Crippen LogP contribution in [0, 0.1) is 5.92 Å². The van der Waals surface area contributed by atoms with Crippen molar-refractivity contribution < 1.29 is 4.74 Å². The normalized spacial score (nSPS) is 11.7. The number of hydrogen-bond acceptors (Lipinski definition) is 2. The fraction of sp³-hybridized carbons (Fsp3) is 0.533. The number of halogens is 2. The largest absolute Gasteiger partial charge is 0.380 e. The van der Waals surface area contributed by atoms with Gasteiger partial charge in [-0.2, -0.15) is 0 Å². The maximum absolute atomic E-state index is 5.99. The molecule has 0 bridgehead atoms. The second-order valence-electron chi connectivity index (χ2n) is 5.24. The smallest absolute Gasteiger partial charge is 0.124 e. The summed E-state index contributed by atoms with van der Waals surface area (Å²) in [4.78, 5) is 4.55. The van der Waals surface area contributed by atoms with E-state index >= 15 is 0 Å². The van der Waals surface area contributed by atoms with E-state index < -0.39 is 0 Å². The molecule has 0 N–H and O–H groups in total. The van der Waals surface area contributed by atoms with Crippen molar-refractivity contribution in [2.24, 2.45) is 5.92 Å². The molecule has 20 heavy (non-hydrogen) atoms. The first-order valence-corrected chi connectivity index (χ1v) is 8.23. The van der Waals surface area contributed by atoms with Crippen molar-refractivity contribution in [2.45, 2.75) is 32.7 Å². The quantitative estimate of drug-likeness (QED) is 0.533. The van der Waals surface area contributed by atoms with Gasteiger partial charge in [0.25, 0.3) is 0 Å². The average Bonchev–Trinajstić information content (AvgIpc) is 2.75. The first kappa shape index (κ1) is 15.8. The summed E-state index contributed by atoms with van der Waals surface area (Å²) < 4.78 is 8.88. The number of fused-ring (bicyclic) bond motifs is 1. The molecule has 3 nitrogen and oxygen atoms in total. The van der Waals surface area contributed by atoms with E-state index in [0.717, 1.165) is 40.9 Å². The monoisotopic (exact) mass is 358 g/mol. The maximum atomic E-state index is 5.99. The third kappa shape index (κ3) is 3.96. The number of ether oxygens (including phenoxy) is 1. The van der Waals surface area contributed by atoms with Gasteiger partial charge in [0.1, 0.15) is 5.82 Å². The molecule has 0 radical (unpaired) electrons. The van der Waals surface area contributed by atoms with Crippen LogP contribution in [0.1, 0.15) is 26.1 Å². The Labute approximate surface area is 133 Å². The van der Waals surface area contributed by atoms with Crippen molar-refractivity contribution in [1.29, 1.82) is 0 Å². The Morgan fingerprint density at radius 3 is 2.85 bits per heavy atom. The van der Waals surface area contributed by atoms with Crippen LogP contribution in [-0.2, 0) is 17.2 Å². The van der Waals surface area contributed by atoms with E-state index in [1.165, 1.54) is 0 Å². The summed E-state index contributed by atoms with van der Waals surface area (Å²) in [6.45, 7) is 6.69. The average molecular weight is 360 g/mol. The molecule has 0 amide bonds. The Balaban J connectivity index is 2.06. The van der Waals surface area contributed by atoms with Gasteiger partial charge in [-0.25, -0.2) is 4.98 Å². The summed E-state index contributed by atoms with van der Waals surface area (Å²) in [6.07, 6.45) is 1.10. The van der Waals surface area contributed by atoms with Crippen LogP contribution in [-0.4, -0.2) is 22.8 Å². The molecule has 0 saturated heterocycles. The van der Waals surface area contributed by atoms with E-state index in [2.05, 4.69) is 45.4 Å². The van der Waals surface area contributed by atoms with Crippen LogP contribution >= 0.6 is 27.5 Å². The highest BCUT2D eigenvalue weighted by Crippen LogP contribution is 2.22. The molecule has 5 heteroatoms. The van der Waals surface area contributed by atoms with E-state index in [0.29, 0.717) is 18.4 Å². The van der Waals surface area contributed by atoms with Gasteiger partial charge < -0.3 is 9.30 Å². The Kier molecular flexibility index (Phi) is 5.87. The van der Waals surface area contributed by atoms with Gasteiger partial charge >= 0.3 is 0 Å². The van der Waals surface area contributed by atoms with Crippen LogP contribution in [0.2, 0.25) is 0 Å². The molecule has 0 atom stereocenters. The first-order chi connectivity index (χ1) is 9.61. The van der Waals surface area contributed by atoms with E-state index in [-0.39, 0.29) is 0 Å². The molecule has 0 aliphatic carbocycles. The molecule has 1 aromatic carbocycles. The first-order valence-electron chi connectivity index (χ1n) is 6.90. The Hall–Kier alpha value is -0.580. The molecule has 1 aromatic heterocycles. The predicted octanol–water partition coefficient (Wildman–Crippen LogP) is 4.60. The number of imidazole rings is 1. The fourth-order valence-corrected chi connectivity index (χ4v) is 2.63. The van der Waals surface area contributed by atoms with Gasteiger partial charge in [-0.15, -0.1) is 11.6 Å². The Morgan fingerprint density at radius 1 is 1.35 bits per heavy atom. The van der Waals surface area contributed by atoms with Gasteiger partial charge in [0.2, 0.25) is 0 Å². The number of benzene rings is 1. The summed E-state index contributed by atoms with van der Waals surface area (Å²) in [6, 6.07) is 6.08. The van der Waals surface area contributed by atoms with E-state index in [4.69, 9.17) is 16.3 Å². The molecule has 0 aliphatic heterocycles. The summed E-state index contributed by atoms with van der Waals surface area (Å²) in [5.41, 5.74) is 2.08.